The normalized spacial score (nSPS) is 16.9. The van der Waals surface area contributed by atoms with Crippen LogP contribution in [0.15, 0.2) is 66.7 Å². The van der Waals surface area contributed by atoms with E-state index in [0.717, 1.165) is 16.7 Å². The Labute approximate surface area is 197 Å². The van der Waals surface area contributed by atoms with E-state index < -0.39 is 11.4 Å². The van der Waals surface area contributed by atoms with Gasteiger partial charge in [0, 0.05) is 28.4 Å². The van der Waals surface area contributed by atoms with Gasteiger partial charge in [0.2, 0.25) is 0 Å². The van der Waals surface area contributed by atoms with E-state index in [2.05, 4.69) is 10.6 Å². The summed E-state index contributed by atoms with van der Waals surface area (Å²) in [6.07, 6.45) is 1.01. The Morgan fingerprint density at radius 2 is 1.68 bits per heavy atom. The molecule has 1 aliphatic rings. The van der Waals surface area contributed by atoms with E-state index in [1.54, 1.807) is 44.4 Å². The Kier molecular flexibility index (Phi) is 6.36. The maximum atomic E-state index is 12.9. The number of rotatable bonds is 6. The lowest BCUT2D eigenvalue weighted by molar-refractivity contribution is -0.139. The monoisotopic (exact) mass is 458 g/mol. The summed E-state index contributed by atoms with van der Waals surface area (Å²) < 4.78 is 5.16. The minimum atomic E-state index is -0.957. The molecule has 0 aliphatic heterocycles. The van der Waals surface area contributed by atoms with Gasteiger partial charge in [-0.2, -0.15) is 0 Å². The number of aryl methyl sites for hydroxylation is 1. The van der Waals surface area contributed by atoms with Crippen molar-refractivity contribution in [2.24, 2.45) is 5.41 Å². The van der Waals surface area contributed by atoms with Crippen LogP contribution in [0.2, 0.25) is 0 Å². The number of benzene rings is 3. The number of carboxylic acids is 1. The largest absolute Gasteiger partial charge is 0.497 e. The SMILES string of the molecule is COc1cccc(NC(=O)Nc2ccc(-c3ccc4c(c3)CCC(C)(CC(=O)O)C4=O)cc2)c1. The van der Waals surface area contributed by atoms with Crippen LogP contribution >= 0.6 is 0 Å². The third kappa shape index (κ3) is 4.93. The number of nitrogens with one attached hydrogen (secondary N) is 2. The zero-order chi connectivity index (χ0) is 24.3. The number of fused-ring (bicyclic) bond motifs is 1. The lowest BCUT2D eigenvalue weighted by atomic mass is 9.69. The first kappa shape index (κ1) is 23.0. The molecule has 3 aromatic rings. The summed E-state index contributed by atoms with van der Waals surface area (Å²) in [5.74, 6) is -0.411. The number of aliphatic carboxylic acids is 1. The fourth-order valence-corrected chi connectivity index (χ4v) is 4.29. The number of hydrogen-bond acceptors (Lipinski definition) is 4. The van der Waals surface area contributed by atoms with E-state index in [9.17, 15) is 19.5 Å². The molecule has 0 fully saturated rings. The Hall–Kier alpha value is -4.13. The summed E-state index contributed by atoms with van der Waals surface area (Å²) in [6, 6.07) is 19.8. The molecule has 0 radical (unpaired) electrons. The van der Waals surface area contributed by atoms with Crippen molar-refractivity contribution < 1.29 is 24.2 Å². The smallest absolute Gasteiger partial charge is 0.323 e. The van der Waals surface area contributed by atoms with Crippen LogP contribution in [0.5, 0.6) is 5.75 Å². The Morgan fingerprint density at radius 1 is 0.971 bits per heavy atom. The van der Waals surface area contributed by atoms with Gasteiger partial charge in [-0.25, -0.2) is 4.79 Å². The van der Waals surface area contributed by atoms with E-state index in [1.165, 1.54) is 0 Å². The van der Waals surface area contributed by atoms with Gasteiger partial charge in [-0.15, -0.1) is 0 Å². The summed E-state index contributed by atoms with van der Waals surface area (Å²) >= 11 is 0. The highest BCUT2D eigenvalue weighted by atomic mass is 16.5. The van der Waals surface area contributed by atoms with Crippen LogP contribution in [0.25, 0.3) is 11.1 Å². The van der Waals surface area contributed by atoms with Gasteiger partial charge in [-0.1, -0.05) is 43.3 Å². The lowest BCUT2D eigenvalue weighted by Gasteiger charge is -2.32. The molecule has 0 aromatic heterocycles. The molecule has 1 unspecified atom stereocenters. The number of ether oxygens (including phenoxy) is 1. The quantitative estimate of drug-likeness (QED) is 0.445. The highest BCUT2D eigenvalue weighted by molar-refractivity contribution is 6.04. The van der Waals surface area contributed by atoms with Crippen LogP contribution in [-0.4, -0.2) is 30.0 Å². The molecule has 3 N–H and O–H groups in total. The molecule has 34 heavy (non-hydrogen) atoms. The lowest BCUT2D eigenvalue weighted by Crippen LogP contribution is -2.35. The van der Waals surface area contributed by atoms with Crippen molar-refractivity contribution in [3.8, 4) is 16.9 Å². The number of methoxy groups -OCH3 is 1. The average Bonchev–Trinajstić information content (AvgIpc) is 2.81. The predicted octanol–water partition coefficient (Wildman–Crippen LogP) is 5.62. The fraction of sp³-hybridized carbons (Fsp3) is 0.222. The number of anilines is 2. The molecule has 1 atom stereocenters. The summed E-state index contributed by atoms with van der Waals surface area (Å²) in [6.45, 7) is 1.73. The van der Waals surface area contributed by atoms with Crippen molar-refractivity contribution in [3.63, 3.8) is 0 Å². The van der Waals surface area contributed by atoms with Gasteiger partial charge >= 0.3 is 12.0 Å². The first-order valence-electron chi connectivity index (χ1n) is 11.0. The van der Waals surface area contributed by atoms with Gasteiger partial charge in [0.05, 0.1) is 13.5 Å². The minimum absolute atomic E-state index is 0.107. The van der Waals surface area contributed by atoms with Gasteiger partial charge in [-0.3, -0.25) is 9.59 Å². The van der Waals surface area contributed by atoms with Crippen LogP contribution in [0.4, 0.5) is 16.2 Å². The molecule has 0 saturated carbocycles. The number of hydrogen-bond donors (Lipinski definition) is 3. The maximum absolute atomic E-state index is 12.9. The molecule has 0 bridgehead atoms. The second kappa shape index (κ2) is 9.39. The van der Waals surface area contributed by atoms with Gasteiger partial charge < -0.3 is 20.5 Å². The van der Waals surface area contributed by atoms with E-state index in [1.807, 2.05) is 36.4 Å². The molecule has 0 spiro atoms. The molecular formula is C27H26N2O5. The van der Waals surface area contributed by atoms with Crippen molar-refractivity contribution >= 4 is 29.2 Å². The summed E-state index contributed by atoms with van der Waals surface area (Å²) in [5.41, 5.74) is 3.85. The van der Waals surface area contributed by atoms with Crippen molar-refractivity contribution in [2.45, 2.75) is 26.2 Å². The first-order valence-corrected chi connectivity index (χ1v) is 11.0. The van der Waals surface area contributed by atoms with Crippen molar-refractivity contribution in [2.75, 3.05) is 17.7 Å². The molecular weight excluding hydrogens is 432 g/mol. The van der Waals surface area contributed by atoms with Crippen LogP contribution in [-0.2, 0) is 11.2 Å². The summed E-state index contributed by atoms with van der Waals surface area (Å²) in [4.78, 5) is 36.4. The summed E-state index contributed by atoms with van der Waals surface area (Å²) in [7, 11) is 1.57. The number of Topliss-reactive ketones (excluding diaryl/α,β-unsaturated/α-hetero) is 1. The van der Waals surface area contributed by atoms with Gasteiger partial charge in [0.1, 0.15) is 5.75 Å². The second-order valence-corrected chi connectivity index (χ2v) is 8.72. The number of urea groups is 1. The topological polar surface area (TPSA) is 105 Å². The summed E-state index contributed by atoms with van der Waals surface area (Å²) in [5, 5.41) is 14.7. The van der Waals surface area contributed by atoms with Crippen LogP contribution in [0.1, 0.15) is 35.7 Å². The fourth-order valence-electron chi connectivity index (χ4n) is 4.29. The van der Waals surface area contributed by atoms with E-state index in [0.29, 0.717) is 35.5 Å². The Balaban J connectivity index is 1.44. The minimum Gasteiger partial charge on any atom is -0.497 e. The molecule has 4 rings (SSSR count). The second-order valence-electron chi connectivity index (χ2n) is 8.72. The number of carbonyl (C=O) groups is 3. The molecule has 174 valence electrons. The van der Waals surface area contributed by atoms with Gasteiger partial charge in [0.25, 0.3) is 0 Å². The molecule has 3 aromatic carbocycles. The molecule has 0 heterocycles. The average molecular weight is 459 g/mol. The van der Waals surface area contributed by atoms with Crippen LogP contribution in [0.3, 0.4) is 0 Å². The highest BCUT2D eigenvalue weighted by Crippen LogP contribution is 2.39. The highest BCUT2D eigenvalue weighted by Gasteiger charge is 2.40. The van der Waals surface area contributed by atoms with Crippen LogP contribution in [0, 0.1) is 5.41 Å². The number of amides is 2. The number of carboxylic acid groups (broad SMARTS) is 1. The van der Waals surface area contributed by atoms with Crippen molar-refractivity contribution in [1.29, 1.82) is 0 Å². The number of ketones is 1. The zero-order valence-corrected chi connectivity index (χ0v) is 19.1. The standard InChI is InChI=1S/C27H26N2O5/c1-27(16-24(30)31)13-12-19-14-18(8-11-23(19)25(27)32)17-6-9-20(10-7-17)28-26(33)29-21-4-3-5-22(15-21)34-2/h3-11,14-15H,12-13,16H2,1-2H3,(H,30,31)(H2,28,29,33). The van der Waals surface area contributed by atoms with Crippen LogP contribution < -0.4 is 15.4 Å². The number of carbonyl (C=O) groups excluding carboxylic acids is 2. The maximum Gasteiger partial charge on any atom is 0.323 e. The third-order valence-corrected chi connectivity index (χ3v) is 6.19. The van der Waals surface area contributed by atoms with Gasteiger partial charge in [-0.05, 0) is 53.8 Å². The van der Waals surface area contributed by atoms with E-state index in [-0.39, 0.29) is 18.2 Å². The Bertz CT molecular complexity index is 1250. The van der Waals surface area contributed by atoms with Crippen molar-refractivity contribution in [3.05, 3.63) is 77.9 Å². The van der Waals surface area contributed by atoms with Crippen molar-refractivity contribution in [1.82, 2.24) is 0 Å². The predicted molar refractivity (Wildman–Crippen MR) is 131 cm³/mol. The molecule has 7 heteroatoms. The third-order valence-electron chi connectivity index (χ3n) is 6.19. The Morgan fingerprint density at radius 3 is 2.38 bits per heavy atom. The molecule has 1 aliphatic carbocycles. The molecule has 7 nitrogen and oxygen atoms in total. The molecule has 2 amide bonds. The van der Waals surface area contributed by atoms with Gasteiger partial charge in [0.15, 0.2) is 5.78 Å². The van der Waals surface area contributed by atoms with E-state index in [4.69, 9.17) is 4.74 Å². The van der Waals surface area contributed by atoms with E-state index >= 15 is 0 Å². The zero-order valence-electron chi connectivity index (χ0n) is 19.1. The molecule has 0 saturated heterocycles. The first-order chi connectivity index (χ1) is 16.3.